The summed E-state index contributed by atoms with van der Waals surface area (Å²) in [7, 11) is 1.61. The standard InChI is InChI=1S/C22H23N5O3/c1-15-6-8-17(9-7-15)26-12-13-27-21(29)19(24-25-22(26)27)20(28)23-11-10-16-4-3-5-18(14-16)30-2/h3-9,14H,10-13H2,1-2H3,(H,23,28). The van der Waals surface area contributed by atoms with Crippen molar-refractivity contribution in [2.75, 3.05) is 25.1 Å². The minimum Gasteiger partial charge on any atom is -0.497 e. The molecule has 0 fully saturated rings. The lowest BCUT2D eigenvalue weighted by Gasteiger charge is -2.16. The number of aromatic nitrogens is 3. The highest BCUT2D eigenvalue weighted by molar-refractivity contribution is 5.91. The second-order valence-electron chi connectivity index (χ2n) is 7.15. The van der Waals surface area contributed by atoms with Crippen LogP contribution in [-0.2, 0) is 13.0 Å². The van der Waals surface area contributed by atoms with Crippen LogP contribution in [0.5, 0.6) is 5.75 Å². The molecule has 1 aliphatic heterocycles. The molecule has 0 atom stereocenters. The van der Waals surface area contributed by atoms with Gasteiger partial charge >= 0.3 is 0 Å². The summed E-state index contributed by atoms with van der Waals surface area (Å²) in [5, 5.41) is 10.9. The van der Waals surface area contributed by atoms with Gasteiger partial charge in [-0.1, -0.05) is 29.8 Å². The Morgan fingerprint density at radius 1 is 1.13 bits per heavy atom. The number of aryl methyl sites for hydroxylation is 1. The first-order chi connectivity index (χ1) is 14.6. The van der Waals surface area contributed by atoms with E-state index in [9.17, 15) is 9.59 Å². The number of fused-ring (bicyclic) bond motifs is 1. The Bertz CT molecular complexity index is 1120. The fourth-order valence-electron chi connectivity index (χ4n) is 3.46. The van der Waals surface area contributed by atoms with E-state index >= 15 is 0 Å². The molecule has 0 aliphatic carbocycles. The van der Waals surface area contributed by atoms with Crippen molar-refractivity contribution < 1.29 is 9.53 Å². The van der Waals surface area contributed by atoms with Gasteiger partial charge in [-0.3, -0.25) is 14.2 Å². The molecular weight excluding hydrogens is 382 g/mol. The first kappa shape index (κ1) is 19.6. The van der Waals surface area contributed by atoms with Gasteiger partial charge in [0.2, 0.25) is 11.6 Å². The van der Waals surface area contributed by atoms with E-state index < -0.39 is 11.5 Å². The Hall–Kier alpha value is -3.68. The SMILES string of the molecule is COc1cccc(CCNC(=O)c2nnc3n(c2=O)CCN3c2ccc(C)cc2)c1. The maximum absolute atomic E-state index is 12.8. The molecule has 1 aromatic heterocycles. The summed E-state index contributed by atoms with van der Waals surface area (Å²) in [6, 6.07) is 15.6. The zero-order valence-electron chi connectivity index (χ0n) is 17.0. The highest BCUT2D eigenvalue weighted by Crippen LogP contribution is 2.26. The van der Waals surface area contributed by atoms with Crippen LogP contribution >= 0.6 is 0 Å². The van der Waals surface area contributed by atoms with E-state index in [0.717, 1.165) is 22.6 Å². The Labute approximate surface area is 174 Å². The number of rotatable bonds is 6. The van der Waals surface area contributed by atoms with E-state index in [4.69, 9.17) is 4.74 Å². The molecular formula is C22H23N5O3. The van der Waals surface area contributed by atoms with Gasteiger partial charge in [0.05, 0.1) is 7.11 Å². The van der Waals surface area contributed by atoms with Crippen LogP contribution in [0, 0.1) is 6.92 Å². The van der Waals surface area contributed by atoms with E-state index in [0.29, 0.717) is 32.0 Å². The minimum absolute atomic E-state index is 0.185. The number of methoxy groups -OCH3 is 1. The van der Waals surface area contributed by atoms with E-state index in [1.165, 1.54) is 4.57 Å². The first-order valence-electron chi connectivity index (χ1n) is 9.79. The van der Waals surface area contributed by atoms with Gasteiger partial charge in [-0.15, -0.1) is 10.2 Å². The summed E-state index contributed by atoms with van der Waals surface area (Å²) in [6.07, 6.45) is 0.615. The van der Waals surface area contributed by atoms with Gasteiger partial charge < -0.3 is 15.0 Å². The molecule has 0 saturated carbocycles. The zero-order valence-corrected chi connectivity index (χ0v) is 17.0. The van der Waals surface area contributed by atoms with Crippen molar-refractivity contribution >= 4 is 17.5 Å². The number of benzene rings is 2. The lowest BCUT2D eigenvalue weighted by Crippen LogP contribution is -2.35. The molecule has 0 saturated heterocycles. The molecule has 30 heavy (non-hydrogen) atoms. The molecule has 2 aromatic carbocycles. The smallest absolute Gasteiger partial charge is 0.286 e. The average molecular weight is 405 g/mol. The van der Waals surface area contributed by atoms with Crippen LogP contribution in [-0.4, -0.2) is 40.9 Å². The Balaban J connectivity index is 1.46. The Morgan fingerprint density at radius 2 is 1.93 bits per heavy atom. The van der Waals surface area contributed by atoms with E-state index in [1.54, 1.807) is 7.11 Å². The van der Waals surface area contributed by atoms with Crippen molar-refractivity contribution in [1.82, 2.24) is 20.1 Å². The molecule has 3 aromatic rings. The van der Waals surface area contributed by atoms with Crippen molar-refractivity contribution in [3.8, 4) is 5.75 Å². The van der Waals surface area contributed by atoms with Crippen LogP contribution in [0.4, 0.5) is 11.6 Å². The highest BCUT2D eigenvalue weighted by Gasteiger charge is 2.27. The third-order valence-electron chi connectivity index (χ3n) is 5.11. The second-order valence-corrected chi connectivity index (χ2v) is 7.15. The van der Waals surface area contributed by atoms with Gasteiger partial charge in [-0.05, 0) is 43.2 Å². The lowest BCUT2D eigenvalue weighted by molar-refractivity contribution is 0.0945. The number of anilines is 2. The largest absolute Gasteiger partial charge is 0.497 e. The highest BCUT2D eigenvalue weighted by atomic mass is 16.5. The summed E-state index contributed by atoms with van der Waals surface area (Å²) in [5.41, 5.74) is 2.52. The lowest BCUT2D eigenvalue weighted by atomic mass is 10.1. The predicted octanol–water partition coefficient (Wildman–Crippen LogP) is 2.08. The fraction of sp³-hybridized carbons (Fsp3) is 0.273. The van der Waals surface area contributed by atoms with Crippen LogP contribution in [0.15, 0.2) is 53.3 Å². The fourth-order valence-corrected chi connectivity index (χ4v) is 3.46. The minimum atomic E-state index is -0.514. The third-order valence-corrected chi connectivity index (χ3v) is 5.11. The molecule has 0 radical (unpaired) electrons. The molecule has 4 rings (SSSR count). The van der Waals surface area contributed by atoms with Crippen LogP contribution in [0.3, 0.4) is 0 Å². The first-order valence-corrected chi connectivity index (χ1v) is 9.79. The van der Waals surface area contributed by atoms with Crippen LogP contribution in [0.1, 0.15) is 21.6 Å². The van der Waals surface area contributed by atoms with E-state index in [1.807, 2.05) is 60.4 Å². The Morgan fingerprint density at radius 3 is 2.70 bits per heavy atom. The van der Waals surface area contributed by atoms with Gasteiger partial charge in [-0.25, -0.2) is 0 Å². The molecule has 1 amide bonds. The summed E-state index contributed by atoms with van der Waals surface area (Å²) in [5.74, 6) is 0.705. The number of carbonyl (C=O) groups is 1. The third kappa shape index (κ3) is 3.89. The monoisotopic (exact) mass is 405 g/mol. The number of carbonyl (C=O) groups excluding carboxylic acids is 1. The van der Waals surface area contributed by atoms with E-state index in [2.05, 4.69) is 15.5 Å². The summed E-state index contributed by atoms with van der Waals surface area (Å²) < 4.78 is 6.71. The van der Waals surface area contributed by atoms with Crippen molar-refractivity contribution in [2.24, 2.45) is 0 Å². The van der Waals surface area contributed by atoms with Crippen molar-refractivity contribution in [2.45, 2.75) is 19.9 Å². The summed E-state index contributed by atoms with van der Waals surface area (Å²) >= 11 is 0. The number of hydrogen-bond acceptors (Lipinski definition) is 6. The molecule has 0 bridgehead atoms. The molecule has 2 heterocycles. The molecule has 1 N–H and O–H groups in total. The topological polar surface area (TPSA) is 89.3 Å². The van der Waals surface area contributed by atoms with Crippen molar-refractivity contribution in [1.29, 1.82) is 0 Å². The summed E-state index contributed by atoms with van der Waals surface area (Å²) in [4.78, 5) is 27.2. The number of nitrogens with zero attached hydrogens (tertiary/aromatic N) is 4. The van der Waals surface area contributed by atoms with Crippen LogP contribution < -0.4 is 20.5 Å². The number of amides is 1. The van der Waals surface area contributed by atoms with Crippen LogP contribution in [0.25, 0.3) is 0 Å². The van der Waals surface area contributed by atoms with Gasteiger partial charge in [0, 0.05) is 25.3 Å². The van der Waals surface area contributed by atoms with Crippen LogP contribution in [0.2, 0.25) is 0 Å². The van der Waals surface area contributed by atoms with Gasteiger partial charge in [-0.2, -0.15) is 0 Å². The van der Waals surface area contributed by atoms with Crippen molar-refractivity contribution in [3.63, 3.8) is 0 Å². The van der Waals surface area contributed by atoms with E-state index in [-0.39, 0.29) is 5.69 Å². The molecule has 154 valence electrons. The summed E-state index contributed by atoms with van der Waals surface area (Å²) in [6.45, 7) is 3.46. The van der Waals surface area contributed by atoms with Crippen molar-refractivity contribution in [3.05, 3.63) is 75.7 Å². The number of hydrogen-bond donors (Lipinski definition) is 1. The quantitative estimate of drug-likeness (QED) is 0.675. The number of ether oxygens (including phenoxy) is 1. The maximum atomic E-state index is 12.8. The normalized spacial score (nSPS) is 12.5. The molecule has 0 unspecified atom stereocenters. The zero-order chi connectivity index (χ0) is 21.1. The maximum Gasteiger partial charge on any atom is 0.286 e. The molecule has 1 aliphatic rings. The van der Waals surface area contributed by atoms with Gasteiger partial charge in [0.1, 0.15) is 5.75 Å². The van der Waals surface area contributed by atoms with Gasteiger partial charge in [0.25, 0.3) is 11.5 Å². The van der Waals surface area contributed by atoms with Gasteiger partial charge in [0.15, 0.2) is 0 Å². The second kappa shape index (κ2) is 8.36. The number of nitrogens with one attached hydrogen (secondary N) is 1. The predicted molar refractivity (Wildman–Crippen MR) is 114 cm³/mol. The Kier molecular flexibility index (Phi) is 5.47. The average Bonchev–Trinajstić information content (AvgIpc) is 3.19. The molecule has 8 nitrogen and oxygen atoms in total. The molecule has 0 spiro atoms. The molecule has 8 heteroatoms.